The first-order valence-electron chi connectivity index (χ1n) is 3.98. The van der Waals surface area contributed by atoms with Gasteiger partial charge in [0.2, 0.25) is 0 Å². The van der Waals surface area contributed by atoms with Crippen molar-refractivity contribution in [2.24, 2.45) is 0 Å². The molecule has 0 radical (unpaired) electrons. The third kappa shape index (κ3) is 3.49. The Morgan fingerprint density at radius 1 is 1.33 bits per heavy atom. The first kappa shape index (κ1) is 11.4. The Bertz CT molecular complexity index is 363. The lowest BCUT2D eigenvalue weighted by Crippen LogP contribution is -2.20. The maximum absolute atomic E-state index is 11.7. The van der Waals surface area contributed by atoms with Gasteiger partial charge >= 0.3 is 12.1 Å². The molecule has 0 spiro atoms. The maximum Gasteiger partial charge on any atom is 0.422 e. The van der Waals surface area contributed by atoms with Crippen LogP contribution in [0.1, 0.15) is 10.4 Å². The predicted molar refractivity (Wildman–Crippen MR) is 47.2 cm³/mol. The van der Waals surface area contributed by atoms with Crippen LogP contribution in [0.2, 0.25) is 0 Å². The fourth-order valence-electron chi connectivity index (χ4n) is 0.908. The summed E-state index contributed by atoms with van der Waals surface area (Å²) in [6.45, 7) is -1.61. The largest absolute Gasteiger partial charge is 0.452 e. The van der Waals surface area contributed by atoms with Gasteiger partial charge in [0.1, 0.15) is 0 Å². The Morgan fingerprint density at radius 3 is 2.47 bits per heavy atom. The summed E-state index contributed by atoms with van der Waals surface area (Å²) in [6, 6.07) is 5.76. The normalized spacial score (nSPS) is 11.1. The molecule has 3 nitrogen and oxygen atoms in total. The van der Waals surface area contributed by atoms with Gasteiger partial charge < -0.3 is 10.5 Å². The van der Waals surface area contributed by atoms with Crippen LogP contribution in [0.5, 0.6) is 0 Å². The number of anilines is 1. The molecule has 1 rings (SSSR count). The first-order chi connectivity index (χ1) is 6.90. The van der Waals surface area contributed by atoms with E-state index in [4.69, 9.17) is 5.73 Å². The van der Waals surface area contributed by atoms with Crippen molar-refractivity contribution >= 4 is 11.7 Å². The van der Waals surface area contributed by atoms with E-state index in [-0.39, 0.29) is 11.3 Å². The maximum atomic E-state index is 11.7. The topological polar surface area (TPSA) is 52.3 Å². The Labute approximate surface area is 83.6 Å². The SMILES string of the molecule is Nc1ccccc1C(=O)OCC(F)(F)F. The van der Waals surface area contributed by atoms with Crippen molar-refractivity contribution in [1.29, 1.82) is 0 Å². The van der Waals surface area contributed by atoms with Crippen LogP contribution in [0.25, 0.3) is 0 Å². The molecule has 0 aliphatic carbocycles. The van der Waals surface area contributed by atoms with Gasteiger partial charge in [-0.25, -0.2) is 4.79 Å². The first-order valence-corrected chi connectivity index (χ1v) is 3.98. The molecule has 0 atom stereocenters. The van der Waals surface area contributed by atoms with Crippen molar-refractivity contribution < 1.29 is 22.7 Å². The highest BCUT2D eigenvalue weighted by atomic mass is 19.4. The van der Waals surface area contributed by atoms with Crippen LogP contribution >= 0.6 is 0 Å². The third-order valence-corrected chi connectivity index (χ3v) is 1.55. The zero-order chi connectivity index (χ0) is 11.5. The molecule has 0 amide bonds. The molecule has 6 heteroatoms. The van der Waals surface area contributed by atoms with Crippen molar-refractivity contribution in [3.8, 4) is 0 Å². The average molecular weight is 219 g/mol. The number of hydrogen-bond donors (Lipinski definition) is 1. The highest BCUT2D eigenvalue weighted by Gasteiger charge is 2.30. The number of nitrogen functional groups attached to an aromatic ring is 1. The van der Waals surface area contributed by atoms with Crippen molar-refractivity contribution in [3.05, 3.63) is 29.8 Å². The van der Waals surface area contributed by atoms with Gasteiger partial charge in [0.05, 0.1) is 5.56 Å². The van der Waals surface area contributed by atoms with E-state index in [9.17, 15) is 18.0 Å². The molecule has 1 aromatic carbocycles. The Hall–Kier alpha value is -1.72. The van der Waals surface area contributed by atoms with Gasteiger partial charge in [-0.05, 0) is 12.1 Å². The fraction of sp³-hybridized carbons (Fsp3) is 0.222. The monoisotopic (exact) mass is 219 g/mol. The van der Waals surface area contributed by atoms with E-state index in [0.717, 1.165) is 0 Å². The fourth-order valence-corrected chi connectivity index (χ4v) is 0.908. The van der Waals surface area contributed by atoms with Gasteiger partial charge in [0.25, 0.3) is 0 Å². The molecule has 82 valence electrons. The summed E-state index contributed by atoms with van der Waals surface area (Å²) in [7, 11) is 0. The molecule has 2 N–H and O–H groups in total. The molecule has 0 saturated carbocycles. The second-order valence-electron chi connectivity index (χ2n) is 2.78. The molecular weight excluding hydrogens is 211 g/mol. The summed E-state index contributed by atoms with van der Waals surface area (Å²) in [4.78, 5) is 11.1. The summed E-state index contributed by atoms with van der Waals surface area (Å²) in [5.74, 6) is -1.08. The van der Waals surface area contributed by atoms with Crippen molar-refractivity contribution in [3.63, 3.8) is 0 Å². The second-order valence-corrected chi connectivity index (χ2v) is 2.78. The van der Waals surface area contributed by atoms with E-state index in [0.29, 0.717) is 0 Å². The smallest absolute Gasteiger partial charge is 0.422 e. The predicted octanol–water partition coefficient (Wildman–Crippen LogP) is 1.99. The molecule has 0 fully saturated rings. The molecule has 0 unspecified atom stereocenters. The molecule has 15 heavy (non-hydrogen) atoms. The summed E-state index contributed by atoms with van der Waals surface area (Å²) < 4.78 is 39.2. The van der Waals surface area contributed by atoms with Gasteiger partial charge in [-0.15, -0.1) is 0 Å². The number of halogens is 3. The van der Waals surface area contributed by atoms with Crippen LogP contribution in [0.4, 0.5) is 18.9 Å². The number of benzene rings is 1. The molecular formula is C9H8F3NO2. The number of esters is 1. The summed E-state index contributed by atoms with van der Waals surface area (Å²) in [5, 5.41) is 0. The van der Waals surface area contributed by atoms with E-state index in [1.807, 2.05) is 0 Å². The van der Waals surface area contributed by atoms with Crippen LogP contribution in [0, 0.1) is 0 Å². The second kappa shape index (κ2) is 4.20. The van der Waals surface area contributed by atoms with E-state index in [2.05, 4.69) is 4.74 Å². The van der Waals surface area contributed by atoms with E-state index < -0.39 is 18.8 Å². The summed E-state index contributed by atoms with van der Waals surface area (Å²) in [5.41, 5.74) is 5.40. The minimum atomic E-state index is -4.53. The highest BCUT2D eigenvalue weighted by Crippen LogP contribution is 2.17. The number of para-hydroxylation sites is 1. The van der Waals surface area contributed by atoms with E-state index in [1.54, 1.807) is 6.07 Å². The molecule has 0 aliphatic heterocycles. The number of hydrogen-bond acceptors (Lipinski definition) is 3. The minimum absolute atomic E-state index is 0.0678. The number of carbonyl (C=O) groups is 1. The Morgan fingerprint density at radius 2 is 1.93 bits per heavy atom. The zero-order valence-electron chi connectivity index (χ0n) is 7.54. The molecule has 0 aliphatic rings. The highest BCUT2D eigenvalue weighted by molar-refractivity contribution is 5.94. The lowest BCUT2D eigenvalue weighted by molar-refractivity contribution is -0.161. The number of nitrogens with two attached hydrogens (primary N) is 1. The van der Waals surface area contributed by atoms with Crippen molar-refractivity contribution in [2.45, 2.75) is 6.18 Å². The van der Waals surface area contributed by atoms with E-state index >= 15 is 0 Å². The number of alkyl halides is 3. The molecule has 1 aromatic rings. The van der Waals surface area contributed by atoms with Crippen LogP contribution in [-0.4, -0.2) is 18.8 Å². The lowest BCUT2D eigenvalue weighted by Gasteiger charge is -2.08. The lowest BCUT2D eigenvalue weighted by atomic mass is 10.2. The van der Waals surface area contributed by atoms with E-state index in [1.165, 1.54) is 18.2 Å². The van der Waals surface area contributed by atoms with Crippen molar-refractivity contribution in [1.82, 2.24) is 0 Å². The number of carbonyl (C=O) groups excluding carboxylic acids is 1. The minimum Gasteiger partial charge on any atom is -0.452 e. The summed E-state index contributed by atoms with van der Waals surface area (Å²) >= 11 is 0. The van der Waals surface area contributed by atoms with Crippen LogP contribution < -0.4 is 5.73 Å². The molecule has 0 bridgehead atoms. The van der Waals surface area contributed by atoms with Crippen LogP contribution in [-0.2, 0) is 4.74 Å². The van der Waals surface area contributed by atoms with Gasteiger partial charge in [-0.2, -0.15) is 13.2 Å². The average Bonchev–Trinajstić information content (AvgIpc) is 2.14. The van der Waals surface area contributed by atoms with Gasteiger partial charge in [0.15, 0.2) is 6.61 Å². The standard InChI is InChI=1S/C9H8F3NO2/c10-9(11,12)5-15-8(14)6-3-1-2-4-7(6)13/h1-4H,5,13H2. The molecule has 0 aromatic heterocycles. The van der Waals surface area contributed by atoms with Crippen LogP contribution in [0.15, 0.2) is 24.3 Å². The van der Waals surface area contributed by atoms with Gasteiger partial charge in [-0.3, -0.25) is 0 Å². The number of rotatable bonds is 2. The quantitative estimate of drug-likeness (QED) is 0.611. The van der Waals surface area contributed by atoms with Gasteiger partial charge in [0, 0.05) is 5.69 Å². The Kier molecular flexibility index (Phi) is 3.18. The van der Waals surface area contributed by atoms with Crippen LogP contribution in [0.3, 0.4) is 0 Å². The van der Waals surface area contributed by atoms with Crippen molar-refractivity contribution in [2.75, 3.05) is 12.3 Å². The molecule has 0 saturated heterocycles. The Balaban J connectivity index is 2.66. The zero-order valence-corrected chi connectivity index (χ0v) is 7.54. The molecule has 0 heterocycles. The number of ether oxygens (including phenoxy) is 1. The van der Waals surface area contributed by atoms with Gasteiger partial charge in [-0.1, -0.05) is 12.1 Å². The summed E-state index contributed by atoms with van der Waals surface area (Å²) in [6.07, 6.45) is -4.53. The third-order valence-electron chi connectivity index (χ3n) is 1.55.